The van der Waals surface area contributed by atoms with Crippen molar-refractivity contribution < 1.29 is 23.9 Å². The van der Waals surface area contributed by atoms with Crippen molar-refractivity contribution in [3.05, 3.63) is 40.8 Å². The Balaban J connectivity index is 1.64. The number of esters is 1. The monoisotopic (exact) mass is 600 g/mol. The van der Waals surface area contributed by atoms with Crippen molar-refractivity contribution in [3.8, 4) is 0 Å². The second-order valence-corrected chi connectivity index (χ2v) is 11.4. The lowest BCUT2D eigenvalue weighted by molar-refractivity contribution is -0.135. The van der Waals surface area contributed by atoms with Crippen LogP contribution in [0, 0.1) is 11.8 Å². The Labute approximate surface area is 254 Å². The number of nitrogens with zero attached hydrogens (tertiary/aromatic N) is 2. The first kappa shape index (κ1) is 34.0. The zero-order chi connectivity index (χ0) is 31.2. The fourth-order valence-electron chi connectivity index (χ4n) is 5.89. The molecular weight excluding hydrogens is 552 g/mol. The number of hydrogen-bond donors (Lipinski definition) is 4. The molecule has 2 fully saturated rings. The molecule has 1 aromatic rings. The van der Waals surface area contributed by atoms with E-state index in [1.807, 2.05) is 6.92 Å². The largest absolute Gasteiger partial charge is 0.466 e. The van der Waals surface area contributed by atoms with Crippen LogP contribution in [0.15, 0.2) is 35.3 Å². The summed E-state index contributed by atoms with van der Waals surface area (Å²) >= 11 is 0. The Kier molecular flexibility index (Phi) is 13.9. The minimum absolute atomic E-state index is 0.0113. The number of allylic oxidation sites excluding steroid dienone is 1. The number of aromatic nitrogens is 1. The van der Waals surface area contributed by atoms with E-state index in [2.05, 4.69) is 37.8 Å². The van der Waals surface area contributed by atoms with Gasteiger partial charge in [0.05, 0.1) is 13.3 Å². The van der Waals surface area contributed by atoms with E-state index < -0.39 is 23.5 Å². The van der Waals surface area contributed by atoms with E-state index in [0.717, 1.165) is 45.3 Å². The number of amides is 3. The van der Waals surface area contributed by atoms with Crippen molar-refractivity contribution in [2.75, 3.05) is 38.6 Å². The van der Waals surface area contributed by atoms with Crippen LogP contribution in [0.2, 0.25) is 0 Å². The van der Waals surface area contributed by atoms with Gasteiger partial charge in [-0.05, 0) is 69.0 Å². The number of ether oxygens (including phenoxy) is 1. The van der Waals surface area contributed by atoms with Gasteiger partial charge in [0.2, 0.25) is 17.7 Å². The van der Waals surface area contributed by atoms with E-state index in [0.29, 0.717) is 24.8 Å². The van der Waals surface area contributed by atoms with Crippen LogP contribution in [-0.2, 0) is 30.5 Å². The molecule has 1 aromatic heterocycles. The summed E-state index contributed by atoms with van der Waals surface area (Å²) in [5.74, 6) is -0.580. The lowest BCUT2D eigenvalue weighted by Gasteiger charge is -2.48. The Morgan fingerprint density at radius 2 is 1.98 bits per heavy atom. The van der Waals surface area contributed by atoms with Crippen molar-refractivity contribution in [1.82, 2.24) is 25.4 Å². The summed E-state index contributed by atoms with van der Waals surface area (Å²) in [6, 6.07) is 2.13. The number of carbonyl (C=O) groups is 4. The SMILES string of the molecule is CCCNCCC(=O)NC(CC/C=C/C(=O)OC)C(=O)Nc1cccn(CC(=O)NC2C(CC)CC3CCCN2C3)c1=O. The number of carbonyl (C=O) groups excluding carboxylic acids is 4. The molecule has 3 amide bonds. The number of fused-ring (bicyclic) bond motifs is 2. The Hall–Kier alpha value is -3.51. The molecule has 0 spiro atoms. The average Bonchev–Trinajstić information content (AvgIpc) is 3.00. The van der Waals surface area contributed by atoms with Gasteiger partial charge >= 0.3 is 5.97 Å². The summed E-state index contributed by atoms with van der Waals surface area (Å²) in [5, 5.41) is 11.7. The molecule has 0 aliphatic carbocycles. The van der Waals surface area contributed by atoms with Gasteiger partial charge in [0.25, 0.3) is 5.56 Å². The van der Waals surface area contributed by atoms with E-state index in [1.165, 1.54) is 36.4 Å². The molecule has 4 N–H and O–H groups in total. The molecule has 3 rings (SSSR count). The second kappa shape index (κ2) is 17.6. The second-order valence-electron chi connectivity index (χ2n) is 11.4. The first-order chi connectivity index (χ1) is 20.7. The number of rotatable bonds is 16. The predicted octanol–water partition coefficient (Wildman–Crippen LogP) is 1.75. The lowest BCUT2D eigenvalue weighted by atomic mass is 9.80. The van der Waals surface area contributed by atoms with Gasteiger partial charge in [-0.15, -0.1) is 0 Å². The van der Waals surface area contributed by atoms with Crippen LogP contribution in [0.4, 0.5) is 5.69 Å². The van der Waals surface area contributed by atoms with E-state index in [4.69, 9.17) is 0 Å². The fourth-order valence-corrected chi connectivity index (χ4v) is 5.89. The zero-order valence-electron chi connectivity index (χ0n) is 25.7. The Morgan fingerprint density at radius 3 is 2.72 bits per heavy atom. The number of anilines is 1. The van der Waals surface area contributed by atoms with Crippen LogP contribution < -0.4 is 26.8 Å². The molecule has 2 saturated heterocycles. The Bertz CT molecular complexity index is 1180. The lowest BCUT2D eigenvalue weighted by Crippen LogP contribution is -2.59. The van der Waals surface area contributed by atoms with Gasteiger partial charge in [0.15, 0.2) is 0 Å². The molecule has 238 valence electrons. The summed E-state index contributed by atoms with van der Waals surface area (Å²) in [4.78, 5) is 65.8. The number of methoxy groups -OCH3 is 1. The molecule has 3 heterocycles. The summed E-state index contributed by atoms with van der Waals surface area (Å²) < 4.78 is 5.86. The Morgan fingerprint density at radius 1 is 1.16 bits per heavy atom. The predicted molar refractivity (Wildman–Crippen MR) is 164 cm³/mol. The molecule has 5 atom stereocenters. The number of pyridine rings is 1. The molecule has 5 unspecified atom stereocenters. The van der Waals surface area contributed by atoms with Crippen LogP contribution in [0.1, 0.15) is 65.2 Å². The average molecular weight is 601 g/mol. The fraction of sp³-hybridized carbons (Fsp3) is 0.645. The summed E-state index contributed by atoms with van der Waals surface area (Å²) in [5.41, 5.74) is -0.503. The highest BCUT2D eigenvalue weighted by Gasteiger charge is 2.38. The molecule has 12 nitrogen and oxygen atoms in total. The van der Waals surface area contributed by atoms with Crippen LogP contribution >= 0.6 is 0 Å². The molecule has 12 heteroatoms. The third kappa shape index (κ3) is 10.6. The van der Waals surface area contributed by atoms with Crippen LogP contribution in [0.25, 0.3) is 0 Å². The van der Waals surface area contributed by atoms with Gasteiger partial charge in [-0.2, -0.15) is 0 Å². The van der Waals surface area contributed by atoms with E-state index >= 15 is 0 Å². The normalized spacial score (nSPS) is 22.0. The smallest absolute Gasteiger partial charge is 0.330 e. The molecule has 0 aromatic carbocycles. The quantitative estimate of drug-likeness (QED) is 0.127. The highest BCUT2D eigenvalue weighted by atomic mass is 16.5. The third-order valence-corrected chi connectivity index (χ3v) is 8.14. The molecular formula is C31H48N6O6. The van der Waals surface area contributed by atoms with Crippen molar-refractivity contribution >= 4 is 29.4 Å². The van der Waals surface area contributed by atoms with Gasteiger partial charge in [-0.25, -0.2) is 4.79 Å². The topological polar surface area (TPSA) is 151 Å². The number of nitrogens with one attached hydrogen (secondary N) is 4. The minimum atomic E-state index is -0.942. The van der Waals surface area contributed by atoms with Gasteiger partial charge in [-0.1, -0.05) is 26.3 Å². The van der Waals surface area contributed by atoms with Crippen LogP contribution in [0.3, 0.4) is 0 Å². The first-order valence-corrected chi connectivity index (χ1v) is 15.5. The standard InChI is InChI=1S/C31H48N6O6/c1-4-15-32-16-14-26(38)33-24(11-6-7-13-28(40)43-3)30(41)34-25-12-9-18-37(31(25)42)21-27(39)35-29-23(5-2)19-22-10-8-17-36(29)20-22/h7,9,12-13,18,22-24,29,32H,4-6,8,10-11,14-17,19-21H2,1-3H3,(H,33,38)(H,34,41)(H,35,39)/b13-7+. The van der Waals surface area contributed by atoms with Crippen LogP contribution in [0.5, 0.6) is 0 Å². The molecule has 2 aliphatic rings. The van der Waals surface area contributed by atoms with E-state index in [9.17, 15) is 24.0 Å². The summed E-state index contributed by atoms with van der Waals surface area (Å²) in [6.07, 6.45) is 10.4. The molecule has 0 saturated carbocycles. The van der Waals surface area contributed by atoms with Gasteiger partial charge < -0.3 is 30.6 Å². The minimum Gasteiger partial charge on any atom is -0.466 e. The maximum atomic E-state index is 13.2. The summed E-state index contributed by atoms with van der Waals surface area (Å²) in [6.45, 7) is 7.22. The molecule has 2 aliphatic heterocycles. The summed E-state index contributed by atoms with van der Waals surface area (Å²) in [7, 11) is 1.27. The molecule has 2 bridgehead atoms. The number of hydrogen-bond acceptors (Lipinski definition) is 8. The molecule has 0 radical (unpaired) electrons. The van der Waals surface area contributed by atoms with Crippen molar-refractivity contribution in [3.63, 3.8) is 0 Å². The maximum absolute atomic E-state index is 13.2. The van der Waals surface area contributed by atoms with Gasteiger partial charge in [0, 0.05) is 38.3 Å². The zero-order valence-corrected chi connectivity index (χ0v) is 25.7. The van der Waals surface area contributed by atoms with Crippen molar-refractivity contribution in [1.29, 1.82) is 0 Å². The van der Waals surface area contributed by atoms with E-state index in [-0.39, 0.29) is 43.1 Å². The highest BCUT2D eigenvalue weighted by molar-refractivity contribution is 5.97. The third-order valence-electron chi connectivity index (χ3n) is 8.14. The maximum Gasteiger partial charge on any atom is 0.330 e. The first-order valence-electron chi connectivity index (χ1n) is 15.5. The van der Waals surface area contributed by atoms with Gasteiger partial charge in [-0.3, -0.25) is 24.1 Å². The van der Waals surface area contributed by atoms with Crippen molar-refractivity contribution in [2.45, 2.75) is 84.0 Å². The number of piperidine rings is 2. The molecule has 43 heavy (non-hydrogen) atoms. The van der Waals surface area contributed by atoms with Crippen LogP contribution in [-0.4, -0.2) is 78.7 Å². The van der Waals surface area contributed by atoms with Gasteiger partial charge in [0.1, 0.15) is 18.3 Å². The van der Waals surface area contributed by atoms with Crippen molar-refractivity contribution in [2.24, 2.45) is 11.8 Å². The van der Waals surface area contributed by atoms with E-state index in [1.54, 1.807) is 12.1 Å². The highest BCUT2D eigenvalue weighted by Crippen LogP contribution is 2.34.